The summed E-state index contributed by atoms with van der Waals surface area (Å²) >= 11 is 2.91. The molecule has 1 aromatic rings. The van der Waals surface area contributed by atoms with Gasteiger partial charge in [0.15, 0.2) is 0 Å². The van der Waals surface area contributed by atoms with Gasteiger partial charge in [-0.2, -0.15) is 5.26 Å². The van der Waals surface area contributed by atoms with Crippen LogP contribution in [0.4, 0.5) is 8.78 Å². The molecule has 1 rings (SSSR count). The molecule has 0 amide bonds. The molecule has 0 saturated heterocycles. The first-order valence-corrected chi connectivity index (χ1v) is 4.97. The summed E-state index contributed by atoms with van der Waals surface area (Å²) in [5.41, 5.74) is -0.137. The SMILES string of the molecule is N#Cc1cc(Br)c(C(F)F)cc1CC(=O)O. The highest BCUT2D eigenvalue weighted by atomic mass is 79.9. The summed E-state index contributed by atoms with van der Waals surface area (Å²) in [5, 5.41) is 17.3. The van der Waals surface area contributed by atoms with Gasteiger partial charge in [-0.25, -0.2) is 8.78 Å². The van der Waals surface area contributed by atoms with Crippen LogP contribution in [-0.2, 0) is 11.2 Å². The number of carbonyl (C=O) groups is 1. The third kappa shape index (κ3) is 2.76. The quantitative estimate of drug-likeness (QED) is 0.931. The minimum atomic E-state index is -2.71. The minimum absolute atomic E-state index is 0.0821. The van der Waals surface area contributed by atoms with E-state index < -0.39 is 18.8 Å². The summed E-state index contributed by atoms with van der Waals surface area (Å²) < 4.78 is 25.1. The van der Waals surface area contributed by atoms with Crippen molar-refractivity contribution in [2.75, 3.05) is 0 Å². The fraction of sp³-hybridized carbons (Fsp3) is 0.200. The van der Waals surface area contributed by atoms with Crippen LogP contribution in [0.5, 0.6) is 0 Å². The zero-order valence-corrected chi connectivity index (χ0v) is 9.46. The van der Waals surface area contributed by atoms with Crippen LogP contribution in [0.1, 0.15) is 23.1 Å². The number of aliphatic carboxylic acids is 1. The Morgan fingerprint density at radius 2 is 2.19 bits per heavy atom. The summed E-state index contributed by atoms with van der Waals surface area (Å²) in [7, 11) is 0. The molecule has 0 atom stereocenters. The Kier molecular flexibility index (Phi) is 3.96. The summed E-state index contributed by atoms with van der Waals surface area (Å²) in [6.07, 6.45) is -3.16. The first kappa shape index (κ1) is 12.6. The standard InChI is InChI=1S/C10H6BrF2NO2/c11-8-2-6(4-14)5(3-9(15)16)1-7(8)10(12)13/h1-2,10H,3H2,(H,15,16). The minimum Gasteiger partial charge on any atom is -0.481 e. The molecule has 0 radical (unpaired) electrons. The number of halogens is 3. The summed E-state index contributed by atoms with van der Waals surface area (Å²) in [6.45, 7) is 0. The van der Waals surface area contributed by atoms with E-state index >= 15 is 0 Å². The highest BCUT2D eigenvalue weighted by Gasteiger charge is 2.16. The molecule has 0 aliphatic rings. The van der Waals surface area contributed by atoms with E-state index in [2.05, 4.69) is 15.9 Å². The second kappa shape index (κ2) is 5.03. The molecule has 0 spiro atoms. The van der Waals surface area contributed by atoms with Crippen LogP contribution in [0, 0.1) is 11.3 Å². The van der Waals surface area contributed by atoms with Crippen molar-refractivity contribution >= 4 is 21.9 Å². The van der Waals surface area contributed by atoms with Crippen molar-refractivity contribution in [2.24, 2.45) is 0 Å². The van der Waals surface area contributed by atoms with Crippen molar-refractivity contribution in [3.63, 3.8) is 0 Å². The molecule has 0 aromatic heterocycles. The van der Waals surface area contributed by atoms with Crippen LogP contribution >= 0.6 is 15.9 Å². The number of carboxylic acid groups (broad SMARTS) is 1. The molecule has 16 heavy (non-hydrogen) atoms. The fourth-order valence-electron chi connectivity index (χ4n) is 1.22. The van der Waals surface area contributed by atoms with Gasteiger partial charge in [0.05, 0.1) is 18.1 Å². The molecule has 0 heterocycles. The maximum atomic E-state index is 12.5. The van der Waals surface area contributed by atoms with Crippen LogP contribution in [0.15, 0.2) is 16.6 Å². The average Bonchev–Trinajstić information content (AvgIpc) is 2.18. The van der Waals surface area contributed by atoms with Gasteiger partial charge in [0.25, 0.3) is 6.43 Å². The zero-order chi connectivity index (χ0) is 12.3. The molecule has 0 bridgehead atoms. The number of carboxylic acids is 1. The maximum absolute atomic E-state index is 12.5. The Morgan fingerprint density at radius 1 is 1.56 bits per heavy atom. The van der Waals surface area contributed by atoms with Crippen LogP contribution in [0.3, 0.4) is 0 Å². The van der Waals surface area contributed by atoms with Crippen molar-refractivity contribution in [3.05, 3.63) is 33.3 Å². The highest BCUT2D eigenvalue weighted by molar-refractivity contribution is 9.10. The van der Waals surface area contributed by atoms with Gasteiger partial charge < -0.3 is 5.11 Å². The van der Waals surface area contributed by atoms with E-state index in [0.717, 1.165) is 6.07 Å². The zero-order valence-electron chi connectivity index (χ0n) is 7.88. The molecular weight excluding hydrogens is 284 g/mol. The van der Waals surface area contributed by atoms with E-state index in [1.54, 1.807) is 6.07 Å². The van der Waals surface area contributed by atoms with Crippen LogP contribution in [0.25, 0.3) is 0 Å². The van der Waals surface area contributed by atoms with Crippen molar-refractivity contribution in [3.8, 4) is 6.07 Å². The van der Waals surface area contributed by atoms with Crippen LogP contribution in [-0.4, -0.2) is 11.1 Å². The predicted octanol–water partition coefficient (Wildman–Crippen LogP) is 2.89. The van der Waals surface area contributed by atoms with E-state index in [1.165, 1.54) is 6.07 Å². The van der Waals surface area contributed by atoms with E-state index in [0.29, 0.717) is 0 Å². The number of hydrogen-bond donors (Lipinski definition) is 1. The molecule has 84 valence electrons. The topological polar surface area (TPSA) is 61.1 Å². The van der Waals surface area contributed by atoms with Crippen molar-refractivity contribution < 1.29 is 18.7 Å². The summed E-state index contributed by atoms with van der Waals surface area (Å²) in [5.74, 6) is -1.17. The van der Waals surface area contributed by atoms with Crippen LogP contribution in [0.2, 0.25) is 0 Å². The fourth-order valence-corrected chi connectivity index (χ4v) is 1.73. The van der Waals surface area contributed by atoms with Gasteiger partial charge >= 0.3 is 5.97 Å². The van der Waals surface area contributed by atoms with Gasteiger partial charge in [0.1, 0.15) is 0 Å². The van der Waals surface area contributed by atoms with Gasteiger partial charge in [-0.15, -0.1) is 0 Å². The molecule has 6 heteroatoms. The molecule has 3 nitrogen and oxygen atoms in total. The monoisotopic (exact) mass is 289 g/mol. The second-order valence-corrected chi connectivity index (χ2v) is 3.87. The van der Waals surface area contributed by atoms with Crippen molar-refractivity contribution in [1.29, 1.82) is 5.26 Å². The Hall–Kier alpha value is -1.48. The lowest BCUT2D eigenvalue weighted by atomic mass is 10.0. The molecule has 0 aliphatic heterocycles. The van der Waals surface area contributed by atoms with Gasteiger partial charge in [-0.1, -0.05) is 15.9 Å². The third-order valence-corrected chi connectivity index (χ3v) is 2.61. The van der Waals surface area contributed by atoms with E-state index in [4.69, 9.17) is 10.4 Å². The number of alkyl halides is 2. The smallest absolute Gasteiger partial charge is 0.307 e. The average molecular weight is 290 g/mol. The third-order valence-electron chi connectivity index (χ3n) is 1.92. The number of hydrogen-bond acceptors (Lipinski definition) is 2. The number of rotatable bonds is 3. The lowest BCUT2D eigenvalue weighted by Crippen LogP contribution is -2.04. The molecule has 0 saturated carbocycles. The second-order valence-electron chi connectivity index (χ2n) is 3.01. The first-order chi connectivity index (χ1) is 7.45. The number of benzene rings is 1. The number of nitrogens with zero attached hydrogens (tertiary/aromatic N) is 1. The lowest BCUT2D eigenvalue weighted by Gasteiger charge is -2.07. The predicted molar refractivity (Wildman–Crippen MR) is 55.2 cm³/mol. The van der Waals surface area contributed by atoms with Crippen molar-refractivity contribution in [1.82, 2.24) is 0 Å². The molecule has 0 unspecified atom stereocenters. The summed E-state index contributed by atoms with van der Waals surface area (Å²) in [4.78, 5) is 10.5. The van der Waals surface area contributed by atoms with E-state index in [9.17, 15) is 13.6 Å². The molecule has 0 aliphatic carbocycles. The molecule has 1 aromatic carbocycles. The van der Waals surface area contributed by atoms with E-state index in [-0.39, 0.29) is 21.2 Å². The Bertz CT molecular complexity index is 469. The first-order valence-electron chi connectivity index (χ1n) is 4.18. The Labute approximate surface area is 98.4 Å². The highest BCUT2D eigenvalue weighted by Crippen LogP contribution is 2.30. The maximum Gasteiger partial charge on any atom is 0.307 e. The normalized spacial score (nSPS) is 10.2. The lowest BCUT2D eigenvalue weighted by molar-refractivity contribution is -0.136. The van der Waals surface area contributed by atoms with Gasteiger partial charge in [-0.3, -0.25) is 4.79 Å². The largest absolute Gasteiger partial charge is 0.481 e. The Morgan fingerprint density at radius 3 is 2.62 bits per heavy atom. The van der Waals surface area contributed by atoms with Gasteiger partial charge in [0.2, 0.25) is 0 Å². The summed E-state index contributed by atoms with van der Waals surface area (Å²) in [6, 6.07) is 4.02. The van der Waals surface area contributed by atoms with Crippen molar-refractivity contribution in [2.45, 2.75) is 12.8 Å². The van der Waals surface area contributed by atoms with Crippen LogP contribution < -0.4 is 0 Å². The van der Waals surface area contributed by atoms with E-state index in [1.807, 2.05) is 0 Å². The Balaban J connectivity index is 3.30. The van der Waals surface area contributed by atoms with Gasteiger partial charge in [-0.05, 0) is 17.7 Å². The molecule has 1 N–H and O–H groups in total. The van der Waals surface area contributed by atoms with Gasteiger partial charge in [0, 0.05) is 10.0 Å². The molecular formula is C10H6BrF2NO2. The number of nitriles is 1. The molecule has 0 fully saturated rings.